The van der Waals surface area contributed by atoms with Crippen LogP contribution in [0.15, 0.2) is 23.2 Å². The van der Waals surface area contributed by atoms with Crippen molar-refractivity contribution in [1.82, 2.24) is 10.3 Å². The number of rotatable bonds is 2. The van der Waals surface area contributed by atoms with Crippen molar-refractivity contribution in [2.24, 2.45) is 0 Å². The second-order valence-corrected chi connectivity index (χ2v) is 8.19. The average Bonchev–Trinajstić information content (AvgIpc) is 2.48. The van der Waals surface area contributed by atoms with Gasteiger partial charge in [-0.05, 0) is 25.0 Å². The molecule has 2 aliphatic rings. The molecule has 1 spiro atoms. The highest BCUT2D eigenvalue weighted by Crippen LogP contribution is 2.38. The molecule has 0 amide bonds. The van der Waals surface area contributed by atoms with Crippen LogP contribution in [0.2, 0.25) is 0 Å². The number of anilines is 1. The van der Waals surface area contributed by atoms with Crippen LogP contribution in [0.4, 0.5) is 5.82 Å². The molecule has 1 aromatic rings. The second-order valence-electron chi connectivity index (χ2n) is 6.21. The normalized spacial score (nSPS) is 22.4. The number of piperazine rings is 1. The van der Waals surface area contributed by atoms with E-state index in [9.17, 15) is 8.42 Å². The van der Waals surface area contributed by atoms with Crippen LogP contribution in [0, 0.1) is 0 Å². The summed E-state index contributed by atoms with van der Waals surface area (Å²) < 4.78 is 24.2. The van der Waals surface area contributed by atoms with Gasteiger partial charge in [-0.15, -0.1) is 0 Å². The van der Waals surface area contributed by atoms with Gasteiger partial charge in [0.2, 0.25) is 0 Å². The van der Waals surface area contributed by atoms with Gasteiger partial charge in [-0.1, -0.05) is 19.3 Å². The first-order valence-corrected chi connectivity index (χ1v) is 9.56. The monoisotopic (exact) mass is 309 g/mol. The van der Waals surface area contributed by atoms with Crippen molar-refractivity contribution in [2.75, 3.05) is 30.8 Å². The smallest absolute Gasteiger partial charge is 0.179 e. The maximum atomic E-state index is 12.1. The lowest BCUT2D eigenvalue weighted by atomic mass is 9.79. The van der Waals surface area contributed by atoms with Gasteiger partial charge in [-0.3, -0.25) is 0 Å². The number of sulfone groups is 1. The molecule has 1 aliphatic heterocycles. The summed E-state index contributed by atoms with van der Waals surface area (Å²) in [6.45, 7) is 2.62. The Morgan fingerprint density at radius 3 is 2.76 bits per heavy atom. The van der Waals surface area contributed by atoms with Crippen LogP contribution in [0.5, 0.6) is 0 Å². The average molecular weight is 309 g/mol. The fraction of sp³-hybridized carbons (Fsp3) is 0.667. The molecule has 0 unspecified atom stereocenters. The highest BCUT2D eigenvalue weighted by atomic mass is 32.2. The molecule has 1 saturated heterocycles. The number of nitrogens with zero attached hydrogens (tertiary/aromatic N) is 2. The van der Waals surface area contributed by atoms with E-state index in [0.717, 1.165) is 32.5 Å². The quantitative estimate of drug-likeness (QED) is 0.899. The molecule has 21 heavy (non-hydrogen) atoms. The summed E-state index contributed by atoms with van der Waals surface area (Å²) in [7, 11) is -3.26. The lowest BCUT2D eigenvalue weighted by molar-refractivity contribution is 0.238. The van der Waals surface area contributed by atoms with Gasteiger partial charge in [-0.2, -0.15) is 0 Å². The topological polar surface area (TPSA) is 62.3 Å². The Kier molecular flexibility index (Phi) is 3.92. The first kappa shape index (κ1) is 14.8. The lowest BCUT2D eigenvalue weighted by Crippen LogP contribution is -2.62. The van der Waals surface area contributed by atoms with E-state index in [4.69, 9.17) is 0 Å². The zero-order chi connectivity index (χ0) is 14.9. The van der Waals surface area contributed by atoms with Gasteiger partial charge in [0, 0.05) is 32.1 Å². The van der Waals surface area contributed by atoms with Crippen molar-refractivity contribution in [3.05, 3.63) is 18.3 Å². The Bertz CT molecular complexity index is 601. The molecule has 0 atom stereocenters. The van der Waals surface area contributed by atoms with Crippen molar-refractivity contribution in [1.29, 1.82) is 0 Å². The van der Waals surface area contributed by atoms with Gasteiger partial charge < -0.3 is 10.2 Å². The summed E-state index contributed by atoms with van der Waals surface area (Å²) in [4.78, 5) is 7.06. The van der Waals surface area contributed by atoms with Gasteiger partial charge >= 0.3 is 0 Å². The molecule has 0 bridgehead atoms. The molecule has 116 valence electrons. The Hall–Kier alpha value is -1.14. The molecule has 0 aromatic carbocycles. The predicted octanol–water partition coefficient (Wildman–Crippen LogP) is 1.60. The number of aromatic nitrogens is 1. The molecular formula is C15H23N3O2S. The second kappa shape index (κ2) is 5.57. The molecule has 3 rings (SSSR count). The third-order valence-corrected chi connectivity index (χ3v) is 5.85. The predicted molar refractivity (Wildman–Crippen MR) is 83.4 cm³/mol. The minimum absolute atomic E-state index is 0.0320. The summed E-state index contributed by atoms with van der Waals surface area (Å²) in [6.07, 6.45) is 8.88. The van der Waals surface area contributed by atoms with Crippen LogP contribution in [-0.4, -0.2) is 44.8 Å². The Morgan fingerprint density at radius 1 is 1.29 bits per heavy atom. The molecule has 5 nitrogen and oxygen atoms in total. The first-order valence-electron chi connectivity index (χ1n) is 7.66. The van der Waals surface area contributed by atoms with E-state index in [0.29, 0.717) is 10.7 Å². The van der Waals surface area contributed by atoms with Gasteiger partial charge in [0.15, 0.2) is 9.84 Å². The standard InChI is InChI=1S/C15H23N3O2S/c1-21(19,20)13-6-5-9-17-14(13)18-11-10-16-12-15(18)7-3-2-4-8-15/h5-6,9,16H,2-4,7-8,10-12H2,1H3. The van der Waals surface area contributed by atoms with E-state index >= 15 is 0 Å². The van der Waals surface area contributed by atoms with E-state index in [1.54, 1.807) is 18.3 Å². The SMILES string of the molecule is CS(=O)(=O)c1cccnc1N1CCNCC12CCCCC2. The molecule has 0 radical (unpaired) electrons. The van der Waals surface area contributed by atoms with Crippen molar-refractivity contribution in [3.63, 3.8) is 0 Å². The zero-order valence-electron chi connectivity index (χ0n) is 12.5. The van der Waals surface area contributed by atoms with Gasteiger partial charge in [0.1, 0.15) is 10.7 Å². The van der Waals surface area contributed by atoms with Crippen LogP contribution in [0.3, 0.4) is 0 Å². The fourth-order valence-electron chi connectivity index (χ4n) is 3.71. The van der Waals surface area contributed by atoms with Crippen LogP contribution in [-0.2, 0) is 9.84 Å². The first-order chi connectivity index (χ1) is 10.0. The van der Waals surface area contributed by atoms with Gasteiger partial charge in [-0.25, -0.2) is 13.4 Å². The Morgan fingerprint density at radius 2 is 2.05 bits per heavy atom. The molecule has 2 heterocycles. The van der Waals surface area contributed by atoms with Gasteiger partial charge in [0.25, 0.3) is 0 Å². The van der Waals surface area contributed by atoms with Crippen molar-refractivity contribution < 1.29 is 8.42 Å². The maximum Gasteiger partial charge on any atom is 0.179 e. The number of nitrogens with one attached hydrogen (secondary N) is 1. The highest BCUT2D eigenvalue weighted by Gasteiger charge is 2.41. The maximum absolute atomic E-state index is 12.1. The summed E-state index contributed by atoms with van der Waals surface area (Å²) >= 11 is 0. The van der Waals surface area contributed by atoms with E-state index < -0.39 is 9.84 Å². The van der Waals surface area contributed by atoms with Crippen LogP contribution >= 0.6 is 0 Å². The fourth-order valence-corrected chi connectivity index (χ4v) is 4.53. The number of hydrogen-bond acceptors (Lipinski definition) is 5. The summed E-state index contributed by atoms with van der Waals surface area (Å²) in [5.74, 6) is 0.642. The molecule has 1 aliphatic carbocycles. The van der Waals surface area contributed by atoms with Crippen LogP contribution in [0.1, 0.15) is 32.1 Å². The lowest BCUT2D eigenvalue weighted by Gasteiger charge is -2.50. The van der Waals surface area contributed by atoms with Crippen molar-refractivity contribution in [2.45, 2.75) is 42.5 Å². The zero-order valence-corrected chi connectivity index (χ0v) is 13.3. The third-order valence-electron chi connectivity index (χ3n) is 4.73. The Labute approximate surface area is 126 Å². The largest absolute Gasteiger partial charge is 0.347 e. The molecular weight excluding hydrogens is 286 g/mol. The summed E-state index contributed by atoms with van der Waals surface area (Å²) in [5.41, 5.74) is 0.0320. The van der Waals surface area contributed by atoms with Crippen molar-refractivity contribution >= 4 is 15.7 Å². The molecule has 1 aromatic heterocycles. The number of pyridine rings is 1. The summed E-state index contributed by atoms with van der Waals surface area (Å²) in [6, 6.07) is 3.38. The van der Waals surface area contributed by atoms with E-state index in [1.165, 1.54) is 25.5 Å². The molecule has 6 heteroatoms. The Balaban J connectivity index is 2.05. The van der Waals surface area contributed by atoms with Crippen LogP contribution < -0.4 is 10.2 Å². The summed E-state index contributed by atoms with van der Waals surface area (Å²) in [5, 5.41) is 3.48. The van der Waals surface area contributed by atoms with Gasteiger partial charge in [0.05, 0.1) is 5.54 Å². The highest BCUT2D eigenvalue weighted by molar-refractivity contribution is 7.90. The van der Waals surface area contributed by atoms with Crippen molar-refractivity contribution in [3.8, 4) is 0 Å². The van der Waals surface area contributed by atoms with E-state index in [-0.39, 0.29) is 5.54 Å². The third kappa shape index (κ3) is 2.79. The van der Waals surface area contributed by atoms with Crippen LogP contribution in [0.25, 0.3) is 0 Å². The van der Waals surface area contributed by atoms with E-state index in [2.05, 4.69) is 15.2 Å². The molecule has 1 saturated carbocycles. The molecule has 2 fully saturated rings. The van der Waals surface area contributed by atoms with E-state index in [1.807, 2.05) is 0 Å². The minimum atomic E-state index is -3.26. The molecule has 1 N–H and O–H groups in total. The minimum Gasteiger partial charge on any atom is -0.347 e. The number of hydrogen-bond donors (Lipinski definition) is 1.